The minimum atomic E-state index is 0.122. The maximum Gasteiger partial charge on any atom is 0.0686 e. The summed E-state index contributed by atoms with van der Waals surface area (Å²) in [6.45, 7) is 3.35. The summed E-state index contributed by atoms with van der Waals surface area (Å²) in [6, 6.07) is 0. The molecule has 3 aliphatic rings. The molecule has 2 saturated carbocycles. The Bertz CT molecular complexity index is 299. The Balaban J connectivity index is 1.68. The highest BCUT2D eigenvalue weighted by Crippen LogP contribution is 2.48. The normalized spacial score (nSPS) is 44.3. The number of hydrogen-bond acceptors (Lipinski definition) is 2. The molecule has 0 bridgehead atoms. The Morgan fingerprint density at radius 2 is 1.83 bits per heavy atom. The lowest BCUT2D eigenvalue weighted by Gasteiger charge is -2.51. The van der Waals surface area contributed by atoms with Crippen molar-refractivity contribution in [2.45, 2.75) is 82.3 Å². The van der Waals surface area contributed by atoms with Gasteiger partial charge < -0.3 is 10.5 Å². The second-order valence-electron chi connectivity index (χ2n) is 7.34. The first-order valence-electron chi connectivity index (χ1n) is 8.05. The molecule has 3 unspecified atom stereocenters. The fourth-order valence-corrected chi connectivity index (χ4v) is 4.41. The van der Waals surface area contributed by atoms with E-state index in [1.807, 2.05) is 0 Å². The Morgan fingerprint density at radius 1 is 1.00 bits per heavy atom. The lowest BCUT2D eigenvalue weighted by Crippen LogP contribution is -2.55. The first-order valence-corrected chi connectivity index (χ1v) is 8.05. The van der Waals surface area contributed by atoms with Gasteiger partial charge in [0.1, 0.15) is 0 Å². The Labute approximate surface area is 112 Å². The van der Waals surface area contributed by atoms with Crippen LogP contribution in [0.2, 0.25) is 0 Å². The standard InChI is InChI=1S/C16H29NO/c1-13-4-2-9-16(17,10-5-13)14-6-11-18-15(12-14)7-3-8-15/h13-14H,2-12,17H2,1H3. The van der Waals surface area contributed by atoms with Crippen molar-refractivity contribution in [2.24, 2.45) is 17.6 Å². The van der Waals surface area contributed by atoms with Crippen molar-refractivity contribution in [3.05, 3.63) is 0 Å². The number of hydrogen-bond donors (Lipinski definition) is 1. The zero-order chi connectivity index (χ0) is 12.6. The van der Waals surface area contributed by atoms with Gasteiger partial charge in [-0.3, -0.25) is 0 Å². The van der Waals surface area contributed by atoms with E-state index in [0.29, 0.717) is 0 Å². The molecular formula is C16H29NO. The van der Waals surface area contributed by atoms with Gasteiger partial charge in [0.05, 0.1) is 5.60 Å². The second-order valence-corrected chi connectivity index (χ2v) is 7.34. The third kappa shape index (κ3) is 2.34. The number of nitrogens with two attached hydrogens (primary N) is 1. The maximum absolute atomic E-state index is 6.84. The minimum Gasteiger partial charge on any atom is -0.375 e. The van der Waals surface area contributed by atoms with Gasteiger partial charge in [0.2, 0.25) is 0 Å². The van der Waals surface area contributed by atoms with Crippen LogP contribution in [0.3, 0.4) is 0 Å². The third-order valence-electron chi connectivity index (χ3n) is 6.01. The zero-order valence-corrected chi connectivity index (χ0v) is 11.9. The molecule has 3 rings (SSSR count). The van der Waals surface area contributed by atoms with Crippen LogP contribution in [0.25, 0.3) is 0 Å². The molecule has 2 aliphatic carbocycles. The van der Waals surface area contributed by atoms with Gasteiger partial charge >= 0.3 is 0 Å². The zero-order valence-electron chi connectivity index (χ0n) is 11.9. The average Bonchev–Trinajstić information content (AvgIpc) is 2.51. The molecule has 0 aromatic rings. The molecule has 2 heteroatoms. The predicted octanol–water partition coefficient (Wildman–Crippen LogP) is 3.63. The van der Waals surface area contributed by atoms with E-state index in [4.69, 9.17) is 10.5 Å². The van der Waals surface area contributed by atoms with Gasteiger partial charge in [-0.1, -0.05) is 19.8 Å². The summed E-state index contributed by atoms with van der Waals surface area (Å²) >= 11 is 0. The molecule has 1 spiro atoms. The van der Waals surface area contributed by atoms with Gasteiger partial charge in [-0.05, 0) is 63.2 Å². The van der Waals surface area contributed by atoms with Crippen LogP contribution >= 0.6 is 0 Å². The molecule has 1 aliphatic heterocycles. The van der Waals surface area contributed by atoms with Crippen LogP contribution in [-0.2, 0) is 4.74 Å². The summed E-state index contributed by atoms with van der Waals surface area (Å²) in [5.74, 6) is 1.60. The minimum absolute atomic E-state index is 0.122. The first-order chi connectivity index (χ1) is 8.62. The van der Waals surface area contributed by atoms with E-state index in [0.717, 1.165) is 18.4 Å². The summed E-state index contributed by atoms with van der Waals surface area (Å²) in [5.41, 5.74) is 7.22. The molecule has 18 heavy (non-hydrogen) atoms. The number of ether oxygens (including phenoxy) is 1. The molecule has 3 fully saturated rings. The van der Waals surface area contributed by atoms with Gasteiger partial charge in [-0.25, -0.2) is 0 Å². The molecular weight excluding hydrogens is 222 g/mol. The van der Waals surface area contributed by atoms with Crippen molar-refractivity contribution in [1.29, 1.82) is 0 Å². The van der Waals surface area contributed by atoms with Gasteiger partial charge in [-0.15, -0.1) is 0 Å². The van der Waals surface area contributed by atoms with Gasteiger partial charge in [0.25, 0.3) is 0 Å². The van der Waals surface area contributed by atoms with E-state index in [9.17, 15) is 0 Å². The molecule has 2 N–H and O–H groups in total. The summed E-state index contributed by atoms with van der Waals surface area (Å²) in [7, 11) is 0. The van der Waals surface area contributed by atoms with Gasteiger partial charge in [0.15, 0.2) is 0 Å². The Kier molecular flexibility index (Phi) is 3.44. The van der Waals surface area contributed by atoms with Crippen LogP contribution in [0.1, 0.15) is 71.1 Å². The predicted molar refractivity (Wildman–Crippen MR) is 74.4 cm³/mol. The largest absolute Gasteiger partial charge is 0.375 e. The van der Waals surface area contributed by atoms with E-state index in [1.54, 1.807) is 0 Å². The van der Waals surface area contributed by atoms with Crippen LogP contribution in [0.15, 0.2) is 0 Å². The van der Waals surface area contributed by atoms with Crippen LogP contribution in [0, 0.1) is 11.8 Å². The molecule has 3 atom stereocenters. The fraction of sp³-hybridized carbons (Fsp3) is 1.00. The quantitative estimate of drug-likeness (QED) is 0.722. The number of rotatable bonds is 1. The van der Waals surface area contributed by atoms with Gasteiger partial charge in [-0.2, -0.15) is 0 Å². The summed E-state index contributed by atoms with van der Waals surface area (Å²) in [6.07, 6.45) is 12.9. The van der Waals surface area contributed by atoms with Crippen molar-refractivity contribution in [3.63, 3.8) is 0 Å². The van der Waals surface area contributed by atoms with E-state index in [2.05, 4.69) is 6.92 Å². The SMILES string of the molecule is CC1CCCC(N)(C2CCOC3(CCC3)C2)CC1. The van der Waals surface area contributed by atoms with Crippen molar-refractivity contribution in [3.8, 4) is 0 Å². The molecule has 0 aromatic carbocycles. The van der Waals surface area contributed by atoms with E-state index in [-0.39, 0.29) is 11.1 Å². The van der Waals surface area contributed by atoms with Gasteiger partial charge in [0, 0.05) is 12.1 Å². The molecule has 0 amide bonds. The highest BCUT2D eigenvalue weighted by molar-refractivity contribution is 5.02. The molecule has 0 radical (unpaired) electrons. The summed E-state index contributed by atoms with van der Waals surface area (Å²) in [5, 5.41) is 0. The third-order valence-corrected chi connectivity index (χ3v) is 6.01. The highest BCUT2D eigenvalue weighted by Gasteiger charge is 2.47. The van der Waals surface area contributed by atoms with Crippen LogP contribution in [0.4, 0.5) is 0 Å². The van der Waals surface area contributed by atoms with Crippen molar-refractivity contribution in [1.82, 2.24) is 0 Å². The molecule has 2 nitrogen and oxygen atoms in total. The van der Waals surface area contributed by atoms with Crippen LogP contribution < -0.4 is 5.73 Å². The second kappa shape index (κ2) is 4.79. The van der Waals surface area contributed by atoms with Crippen LogP contribution in [0.5, 0.6) is 0 Å². The molecule has 1 saturated heterocycles. The smallest absolute Gasteiger partial charge is 0.0686 e. The summed E-state index contributed by atoms with van der Waals surface area (Å²) in [4.78, 5) is 0. The highest BCUT2D eigenvalue weighted by atomic mass is 16.5. The van der Waals surface area contributed by atoms with Crippen LogP contribution in [-0.4, -0.2) is 17.7 Å². The topological polar surface area (TPSA) is 35.2 Å². The van der Waals surface area contributed by atoms with E-state index in [1.165, 1.54) is 64.2 Å². The fourth-order valence-electron chi connectivity index (χ4n) is 4.41. The lowest BCUT2D eigenvalue weighted by atomic mass is 9.65. The molecule has 104 valence electrons. The van der Waals surface area contributed by atoms with Crippen molar-refractivity contribution in [2.75, 3.05) is 6.61 Å². The monoisotopic (exact) mass is 251 g/mol. The molecule has 0 aromatic heterocycles. The summed E-state index contributed by atoms with van der Waals surface area (Å²) < 4.78 is 6.06. The van der Waals surface area contributed by atoms with Crippen molar-refractivity contribution >= 4 is 0 Å². The lowest BCUT2D eigenvalue weighted by molar-refractivity contribution is -0.153. The molecule has 1 heterocycles. The Hall–Kier alpha value is -0.0800. The van der Waals surface area contributed by atoms with E-state index < -0.39 is 0 Å². The maximum atomic E-state index is 6.84. The van der Waals surface area contributed by atoms with Crippen molar-refractivity contribution < 1.29 is 4.74 Å². The first kappa shape index (κ1) is 12.9. The Morgan fingerprint density at radius 3 is 2.56 bits per heavy atom. The average molecular weight is 251 g/mol. The van der Waals surface area contributed by atoms with E-state index >= 15 is 0 Å².